The lowest BCUT2D eigenvalue weighted by Crippen LogP contribution is -2.48. The SMILES string of the molecule is CC(C)(C)N(CC(=O)Nc1ccc(Cl)c(Cl)c1)S(C)(=O)=O. The molecule has 0 aliphatic carbocycles. The largest absolute Gasteiger partial charge is 0.325 e. The third-order valence-electron chi connectivity index (χ3n) is 2.64. The molecule has 1 aromatic carbocycles. The number of halogens is 2. The third kappa shape index (κ3) is 5.47. The van der Waals surface area contributed by atoms with Crippen molar-refractivity contribution in [3.05, 3.63) is 28.2 Å². The number of carbonyl (C=O) groups excluding carboxylic acids is 1. The Morgan fingerprint density at radius 2 is 1.81 bits per heavy atom. The van der Waals surface area contributed by atoms with E-state index in [0.29, 0.717) is 15.7 Å². The molecule has 1 rings (SSSR count). The smallest absolute Gasteiger partial charge is 0.239 e. The Bertz CT molecular complexity index is 639. The second-order valence-electron chi connectivity index (χ2n) is 5.62. The summed E-state index contributed by atoms with van der Waals surface area (Å²) in [6.45, 7) is 4.89. The van der Waals surface area contributed by atoms with E-state index in [-0.39, 0.29) is 6.54 Å². The summed E-state index contributed by atoms with van der Waals surface area (Å²) in [5, 5.41) is 3.28. The molecule has 0 bridgehead atoms. The number of benzene rings is 1. The number of amides is 1. The van der Waals surface area contributed by atoms with Crippen molar-refractivity contribution in [3.8, 4) is 0 Å². The van der Waals surface area contributed by atoms with Crippen molar-refractivity contribution in [1.29, 1.82) is 0 Å². The molecule has 0 aromatic heterocycles. The molecule has 8 heteroatoms. The van der Waals surface area contributed by atoms with E-state index in [1.54, 1.807) is 32.9 Å². The van der Waals surface area contributed by atoms with Crippen LogP contribution in [0.15, 0.2) is 18.2 Å². The Hall–Kier alpha value is -0.820. The summed E-state index contributed by atoms with van der Waals surface area (Å²) in [4.78, 5) is 12.0. The maximum atomic E-state index is 12.0. The van der Waals surface area contributed by atoms with Crippen LogP contribution in [-0.4, -0.2) is 37.0 Å². The van der Waals surface area contributed by atoms with Crippen LogP contribution in [0.5, 0.6) is 0 Å². The Labute approximate surface area is 135 Å². The normalized spacial score (nSPS) is 12.5. The van der Waals surface area contributed by atoms with E-state index in [9.17, 15) is 13.2 Å². The number of nitrogens with one attached hydrogen (secondary N) is 1. The molecule has 0 aliphatic heterocycles. The number of hydrogen-bond acceptors (Lipinski definition) is 3. The van der Waals surface area contributed by atoms with Crippen LogP contribution < -0.4 is 5.32 Å². The number of rotatable bonds is 4. The summed E-state index contributed by atoms with van der Waals surface area (Å²) in [6, 6.07) is 4.65. The predicted molar refractivity (Wildman–Crippen MR) is 86.4 cm³/mol. The van der Waals surface area contributed by atoms with Gasteiger partial charge in [0.2, 0.25) is 15.9 Å². The molecule has 0 aliphatic rings. The maximum Gasteiger partial charge on any atom is 0.239 e. The van der Waals surface area contributed by atoms with Crippen LogP contribution in [0, 0.1) is 0 Å². The molecule has 1 aromatic rings. The highest BCUT2D eigenvalue weighted by molar-refractivity contribution is 7.88. The van der Waals surface area contributed by atoms with Crippen LogP contribution in [-0.2, 0) is 14.8 Å². The molecule has 0 unspecified atom stereocenters. The molecule has 0 heterocycles. The van der Waals surface area contributed by atoms with Crippen molar-refractivity contribution in [1.82, 2.24) is 4.31 Å². The summed E-state index contributed by atoms with van der Waals surface area (Å²) >= 11 is 11.6. The summed E-state index contributed by atoms with van der Waals surface area (Å²) in [6.07, 6.45) is 1.07. The van der Waals surface area contributed by atoms with Crippen molar-refractivity contribution in [2.24, 2.45) is 0 Å². The molecule has 21 heavy (non-hydrogen) atoms. The lowest BCUT2D eigenvalue weighted by molar-refractivity contribution is -0.117. The minimum absolute atomic E-state index is 0.275. The summed E-state index contributed by atoms with van der Waals surface area (Å²) in [5.74, 6) is -0.450. The van der Waals surface area contributed by atoms with Crippen LogP contribution in [0.2, 0.25) is 10.0 Å². The Morgan fingerprint density at radius 1 is 1.24 bits per heavy atom. The fourth-order valence-electron chi connectivity index (χ4n) is 1.76. The van der Waals surface area contributed by atoms with Crippen molar-refractivity contribution >= 4 is 44.8 Å². The first-order valence-corrected chi connectivity index (χ1v) is 8.74. The highest BCUT2D eigenvalue weighted by Crippen LogP contribution is 2.25. The van der Waals surface area contributed by atoms with Crippen LogP contribution in [0.4, 0.5) is 5.69 Å². The molecule has 0 atom stereocenters. The standard InChI is InChI=1S/C13H18Cl2N2O3S/c1-13(2,3)17(21(4,19)20)8-12(18)16-9-5-6-10(14)11(15)7-9/h5-7H,8H2,1-4H3,(H,16,18). The zero-order chi connectivity index (χ0) is 16.4. The maximum absolute atomic E-state index is 12.0. The molecular weight excluding hydrogens is 335 g/mol. The van der Waals surface area contributed by atoms with E-state index >= 15 is 0 Å². The van der Waals surface area contributed by atoms with Crippen molar-refractivity contribution in [2.45, 2.75) is 26.3 Å². The first-order valence-electron chi connectivity index (χ1n) is 6.14. The summed E-state index contributed by atoms with van der Waals surface area (Å²) < 4.78 is 24.7. The minimum Gasteiger partial charge on any atom is -0.325 e. The van der Waals surface area contributed by atoms with Crippen molar-refractivity contribution in [2.75, 3.05) is 18.1 Å². The molecule has 0 spiro atoms. The van der Waals surface area contributed by atoms with Gasteiger partial charge in [-0.1, -0.05) is 23.2 Å². The van der Waals surface area contributed by atoms with Gasteiger partial charge < -0.3 is 5.32 Å². The summed E-state index contributed by atoms with van der Waals surface area (Å²) in [5.41, 5.74) is -0.237. The number of nitrogens with zero attached hydrogens (tertiary/aromatic N) is 1. The topological polar surface area (TPSA) is 66.5 Å². The lowest BCUT2D eigenvalue weighted by atomic mass is 10.1. The van der Waals surface area contributed by atoms with Crippen LogP contribution in [0.25, 0.3) is 0 Å². The molecule has 0 saturated carbocycles. The Kier molecular flexibility index (Phi) is 5.66. The van der Waals surface area contributed by atoms with Gasteiger partial charge in [-0.15, -0.1) is 0 Å². The van der Waals surface area contributed by atoms with Gasteiger partial charge in [0.25, 0.3) is 0 Å². The number of sulfonamides is 1. The average Bonchev–Trinajstić information content (AvgIpc) is 2.28. The highest BCUT2D eigenvalue weighted by Gasteiger charge is 2.31. The molecule has 118 valence electrons. The lowest BCUT2D eigenvalue weighted by Gasteiger charge is -2.32. The number of hydrogen-bond donors (Lipinski definition) is 1. The van der Waals surface area contributed by atoms with Gasteiger partial charge in [-0.25, -0.2) is 8.42 Å². The number of carbonyl (C=O) groups is 1. The van der Waals surface area contributed by atoms with E-state index in [0.717, 1.165) is 10.6 Å². The Balaban J connectivity index is 2.86. The van der Waals surface area contributed by atoms with Gasteiger partial charge >= 0.3 is 0 Å². The predicted octanol–water partition coefficient (Wildman–Crippen LogP) is 2.99. The van der Waals surface area contributed by atoms with Crippen LogP contribution >= 0.6 is 23.2 Å². The molecule has 1 amide bonds. The highest BCUT2D eigenvalue weighted by atomic mass is 35.5. The van der Waals surface area contributed by atoms with Gasteiger partial charge in [-0.05, 0) is 39.0 Å². The zero-order valence-electron chi connectivity index (χ0n) is 12.3. The van der Waals surface area contributed by atoms with Gasteiger partial charge in [0.05, 0.1) is 22.8 Å². The van der Waals surface area contributed by atoms with Gasteiger partial charge in [0, 0.05) is 11.2 Å². The van der Waals surface area contributed by atoms with Gasteiger partial charge in [-0.2, -0.15) is 4.31 Å². The fourth-order valence-corrected chi connectivity index (χ4v) is 3.40. The minimum atomic E-state index is -3.50. The fraction of sp³-hybridized carbons (Fsp3) is 0.462. The van der Waals surface area contributed by atoms with E-state index in [4.69, 9.17) is 23.2 Å². The van der Waals surface area contributed by atoms with E-state index in [2.05, 4.69) is 5.32 Å². The van der Waals surface area contributed by atoms with Crippen molar-refractivity contribution < 1.29 is 13.2 Å². The first kappa shape index (κ1) is 18.2. The quantitative estimate of drug-likeness (QED) is 0.905. The zero-order valence-corrected chi connectivity index (χ0v) is 14.6. The van der Waals surface area contributed by atoms with Crippen LogP contribution in [0.3, 0.4) is 0 Å². The summed E-state index contributed by atoms with van der Waals surface area (Å²) in [7, 11) is -3.50. The second-order valence-corrected chi connectivity index (χ2v) is 8.34. The van der Waals surface area contributed by atoms with Gasteiger partial charge in [0.15, 0.2) is 0 Å². The van der Waals surface area contributed by atoms with Gasteiger partial charge in [0.1, 0.15) is 0 Å². The monoisotopic (exact) mass is 352 g/mol. The molecule has 0 saturated heterocycles. The third-order valence-corrected chi connectivity index (χ3v) is 4.86. The second kappa shape index (κ2) is 6.52. The van der Waals surface area contributed by atoms with E-state index < -0.39 is 21.5 Å². The van der Waals surface area contributed by atoms with Gasteiger partial charge in [-0.3, -0.25) is 4.79 Å². The molecule has 0 radical (unpaired) electrons. The molecular formula is C13H18Cl2N2O3S. The molecule has 5 nitrogen and oxygen atoms in total. The number of anilines is 1. The Morgan fingerprint density at radius 3 is 2.24 bits per heavy atom. The van der Waals surface area contributed by atoms with Crippen LogP contribution in [0.1, 0.15) is 20.8 Å². The average molecular weight is 353 g/mol. The molecule has 0 fully saturated rings. The molecule has 1 N–H and O–H groups in total. The van der Waals surface area contributed by atoms with E-state index in [1.165, 1.54) is 6.07 Å². The van der Waals surface area contributed by atoms with Crippen molar-refractivity contribution in [3.63, 3.8) is 0 Å². The first-order chi connectivity index (χ1) is 9.41. The van der Waals surface area contributed by atoms with E-state index in [1.807, 2.05) is 0 Å².